The van der Waals surface area contributed by atoms with Crippen LogP contribution in [-0.2, 0) is 0 Å². The van der Waals surface area contributed by atoms with Crippen LogP contribution >= 0.6 is 0 Å². The van der Waals surface area contributed by atoms with Gasteiger partial charge in [0.05, 0.1) is 11.7 Å². The summed E-state index contributed by atoms with van der Waals surface area (Å²) in [6.45, 7) is 0.317. The van der Waals surface area contributed by atoms with Gasteiger partial charge in [0.25, 0.3) is 5.91 Å². The molecule has 2 rings (SSSR count). The van der Waals surface area contributed by atoms with E-state index in [4.69, 9.17) is 0 Å². The first-order chi connectivity index (χ1) is 8.09. The Morgan fingerprint density at radius 3 is 2.71 bits per heavy atom. The lowest BCUT2D eigenvalue weighted by molar-refractivity contribution is 0.0642. The van der Waals surface area contributed by atoms with Crippen LogP contribution in [0.5, 0.6) is 5.75 Å². The molecule has 1 saturated carbocycles. The molecule has 1 aromatic rings. The molecule has 1 fully saturated rings. The Balaban J connectivity index is 2.01. The summed E-state index contributed by atoms with van der Waals surface area (Å²) >= 11 is 0. The first-order valence-corrected chi connectivity index (χ1v) is 5.81. The molecular weight excluding hydrogens is 218 g/mol. The summed E-state index contributed by atoms with van der Waals surface area (Å²) < 4.78 is 0. The van der Waals surface area contributed by atoms with Crippen LogP contribution in [0.4, 0.5) is 0 Å². The molecule has 1 aromatic carbocycles. The maximum atomic E-state index is 12.0. The number of carbonyl (C=O) groups is 1. The number of nitrogens with zero attached hydrogens (tertiary/aromatic N) is 1. The van der Waals surface area contributed by atoms with Gasteiger partial charge in [-0.25, -0.2) is 0 Å². The fourth-order valence-electron chi connectivity index (χ4n) is 1.85. The molecule has 1 aliphatic carbocycles. The second-order valence-electron chi connectivity index (χ2n) is 4.61. The van der Waals surface area contributed by atoms with Gasteiger partial charge in [-0.3, -0.25) is 4.79 Å². The molecule has 0 bridgehead atoms. The number of aliphatic hydroxyl groups is 1. The van der Waals surface area contributed by atoms with Crippen LogP contribution in [0.25, 0.3) is 0 Å². The van der Waals surface area contributed by atoms with E-state index in [9.17, 15) is 15.0 Å². The Morgan fingerprint density at radius 2 is 2.12 bits per heavy atom. The lowest BCUT2D eigenvalue weighted by Crippen LogP contribution is -2.35. The molecular formula is C13H17NO3. The lowest BCUT2D eigenvalue weighted by Gasteiger charge is -2.21. The number of carbonyl (C=O) groups excluding carboxylic acids is 1. The monoisotopic (exact) mass is 235 g/mol. The second-order valence-corrected chi connectivity index (χ2v) is 4.61. The standard InChI is InChI=1S/C13H17NO3/c1-14(8-12(16)9-6-7-9)13(17)10-4-2-3-5-11(10)15/h2-5,9,12,15-16H,6-8H2,1H3. The van der Waals surface area contributed by atoms with Gasteiger partial charge in [-0.05, 0) is 30.9 Å². The van der Waals surface area contributed by atoms with Crippen molar-refractivity contribution < 1.29 is 15.0 Å². The van der Waals surface area contributed by atoms with Crippen molar-refractivity contribution in [1.29, 1.82) is 0 Å². The number of benzene rings is 1. The number of hydrogen-bond donors (Lipinski definition) is 2. The average molecular weight is 235 g/mol. The van der Waals surface area contributed by atoms with Gasteiger partial charge in [0.1, 0.15) is 5.75 Å². The average Bonchev–Trinajstić information content (AvgIpc) is 3.12. The summed E-state index contributed by atoms with van der Waals surface area (Å²) in [6, 6.07) is 6.44. The van der Waals surface area contributed by atoms with Crippen molar-refractivity contribution in [3.8, 4) is 5.75 Å². The normalized spacial score (nSPS) is 16.6. The van der Waals surface area contributed by atoms with E-state index in [1.54, 1.807) is 25.2 Å². The lowest BCUT2D eigenvalue weighted by atomic mass is 10.1. The predicted molar refractivity (Wildman–Crippen MR) is 63.8 cm³/mol. The zero-order valence-corrected chi connectivity index (χ0v) is 9.84. The number of aliphatic hydroxyl groups excluding tert-OH is 1. The zero-order chi connectivity index (χ0) is 12.4. The van der Waals surface area contributed by atoms with Crippen molar-refractivity contribution in [3.05, 3.63) is 29.8 Å². The Labute approximate surface area is 100 Å². The summed E-state index contributed by atoms with van der Waals surface area (Å²) in [5.41, 5.74) is 0.276. The van der Waals surface area contributed by atoms with E-state index in [2.05, 4.69) is 0 Å². The summed E-state index contributed by atoms with van der Waals surface area (Å²) in [7, 11) is 1.64. The van der Waals surface area contributed by atoms with Crippen molar-refractivity contribution in [2.75, 3.05) is 13.6 Å². The van der Waals surface area contributed by atoms with Crippen molar-refractivity contribution in [2.24, 2.45) is 5.92 Å². The highest BCUT2D eigenvalue weighted by atomic mass is 16.3. The molecule has 4 nitrogen and oxygen atoms in total. The quantitative estimate of drug-likeness (QED) is 0.825. The molecule has 0 aliphatic heterocycles. The Hall–Kier alpha value is -1.55. The maximum absolute atomic E-state index is 12.0. The van der Waals surface area contributed by atoms with Gasteiger partial charge in [-0.1, -0.05) is 12.1 Å². The van der Waals surface area contributed by atoms with E-state index in [0.717, 1.165) is 12.8 Å². The highest BCUT2D eigenvalue weighted by Gasteiger charge is 2.31. The third-order valence-electron chi connectivity index (χ3n) is 3.11. The minimum Gasteiger partial charge on any atom is -0.507 e. The van der Waals surface area contributed by atoms with E-state index >= 15 is 0 Å². The van der Waals surface area contributed by atoms with Gasteiger partial charge in [0, 0.05) is 13.6 Å². The number of aromatic hydroxyl groups is 1. The second kappa shape index (κ2) is 4.75. The number of phenolic OH excluding ortho intramolecular Hbond substituents is 1. The molecule has 0 aromatic heterocycles. The third kappa shape index (κ3) is 2.77. The fourth-order valence-corrected chi connectivity index (χ4v) is 1.85. The molecule has 1 unspecified atom stereocenters. The van der Waals surface area contributed by atoms with Gasteiger partial charge >= 0.3 is 0 Å². The van der Waals surface area contributed by atoms with Gasteiger partial charge in [-0.2, -0.15) is 0 Å². The minimum atomic E-state index is -0.449. The number of rotatable bonds is 4. The number of phenols is 1. The van der Waals surface area contributed by atoms with Crippen LogP contribution in [0.15, 0.2) is 24.3 Å². The molecule has 17 heavy (non-hydrogen) atoms. The Kier molecular flexibility index (Phi) is 3.33. The van der Waals surface area contributed by atoms with Crippen LogP contribution in [-0.4, -0.2) is 40.7 Å². The zero-order valence-electron chi connectivity index (χ0n) is 9.84. The van der Waals surface area contributed by atoms with Crippen LogP contribution in [0, 0.1) is 5.92 Å². The molecule has 1 amide bonds. The SMILES string of the molecule is CN(CC(O)C1CC1)C(=O)c1ccccc1O. The molecule has 0 spiro atoms. The number of para-hydroxylation sites is 1. The number of likely N-dealkylation sites (N-methyl/N-ethyl adjacent to an activating group) is 1. The van der Waals surface area contributed by atoms with Gasteiger partial charge < -0.3 is 15.1 Å². The summed E-state index contributed by atoms with van der Waals surface area (Å²) in [6.07, 6.45) is 1.63. The summed E-state index contributed by atoms with van der Waals surface area (Å²) in [5, 5.41) is 19.3. The first-order valence-electron chi connectivity index (χ1n) is 5.81. The molecule has 0 radical (unpaired) electrons. The fraction of sp³-hybridized carbons (Fsp3) is 0.462. The minimum absolute atomic E-state index is 0.0229. The predicted octanol–water partition coefficient (Wildman–Crippen LogP) is 1.24. The van der Waals surface area contributed by atoms with Gasteiger partial charge in [0.15, 0.2) is 0 Å². The van der Waals surface area contributed by atoms with Crippen LogP contribution in [0.2, 0.25) is 0 Å². The topological polar surface area (TPSA) is 60.8 Å². The first kappa shape index (κ1) is 11.9. The van der Waals surface area contributed by atoms with Crippen molar-refractivity contribution in [3.63, 3.8) is 0 Å². The smallest absolute Gasteiger partial charge is 0.257 e. The molecule has 0 heterocycles. The van der Waals surface area contributed by atoms with E-state index in [-0.39, 0.29) is 17.2 Å². The molecule has 0 saturated heterocycles. The molecule has 2 N–H and O–H groups in total. The largest absolute Gasteiger partial charge is 0.507 e. The number of hydrogen-bond acceptors (Lipinski definition) is 3. The van der Waals surface area contributed by atoms with E-state index in [0.29, 0.717) is 12.5 Å². The van der Waals surface area contributed by atoms with Crippen LogP contribution < -0.4 is 0 Å². The van der Waals surface area contributed by atoms with E-state index in [1.165, 1.54) is 11.0 Å². The molecule has 1 atom stereocenters. The van der Waals surface area contributed by atoms with E-state index < -0.39 is 6.10 Å². The van der Waals surface area contributed by atoms with Gasteiger partial charge in [-0.15, -0.1) is 0 Å². The van der Waals surface area contributed by atoms with Crippen molar-refractivity contribution in [1.82, 2.24) is 4.90 Å². The summed E-state index contributed by atoms with van der Waals surface area (Å²) in [5.74, 6) is 0.0580. The van der Waals surface area contributed by atoms with E-state index in [1.807, 2.05) is 0 Å². The molecule has 4 heteroatoms. The summed E-state index contributed by atoms with van der Waals surface area (Å²) in [4.78, 5) is 13.5. The maximum Gasteiger partial charge on any atom is 0.257 e. The number of amides is 1. The Morgan fingerprint density at radius 1 is 1.47 bits per heavy atom. The van der Waals surface area contributed by atoms with Crippen LogP contribution in [0.3, 0.4) is 0 Å². The van der Waals surface area contributed by atoms with Crippen molar-refractivity contribution >= 4 is 5.91 Å². The highest BCUT2D eigenvalue weighted by Crippen LogP contribution is 2.33. The molecule has 92 valence electrons. The van der Waals surface area contributed by atoms with Gasteiger partial charge in [0.2, 0.25) is 0 Å². The molecule has 1 aliphatic rings. The highest BCUT2D eigenvalue weighted by molar-refractivity contribution is 5.96. The van der Waals surface area contributed by atoms with Crippen LogP contribution in [0.1, 0.15) is 23.2 Å². The third-order valence-corrected chi connectivity index (χ3v) is 3.11. The van der Waals surface area contributed by atoms with Crippen molar-refractivity contribution in [2.45, 2.75) is 18.9 Å². The Bertz CT molecular complexity index is 415.